The Balaban J connectivity index is 0.00000363. The van der Waals surface area contributed by atoms with Gasteiger partial charge < -0.3 is 20.7 Å². The first-order valence-corrected chi connectivity index (χ1v) is 10.7. The number of hydrogen-bond donors (Lipinski definition) is 3. The Morgan fingerprint density at radius 2 is 1.91 bits per heavy atom. The molecule has 32 heavy (non-hydrogen) atoms. The lowest BCUT2D eigenvalue weighted by Gasteiger charge is -2.15. The van der Waals surface area contributed by atoms with E-state index in [0.717, 1.165) is 17.9 Å². The van der Waals surface area contributed by atoms with Crippen molar-refractivity contribution < 1.29 is 13.9 Å². The van der Waals surface area contributed by atoms with E-state index in [1.807, 2.05) is 0 Å². The van der Waals surface area contributed by atoms with E-state index >= 15 is 0 Å². The smallest absolute Gasteiger partial charge is 0.224 e. The zero-order valence-electron chi connectivity index (χ0n) is 18.6. The summed E-state index contributed by atoms with van der Waals surface area (Å²) in [5.41, 5.74) is 2.91. The summed E-state index contributed by atoms with van der Waals surface area (Å²) >= 11 is 0. The molecule has 1 aliphatic rings. The lowest BCUT2D eigenvalue weighted by Crippen LogP contribution is -2.41. The highest BCUT2D eigenvalue weighted by atomic mass is 127. The minimum atomic E-state index is -0.337. The number of guanidine groups is 1. The largest absolute Gasteiger partial charge is 0.493 e. The van der Waals surface area contributed by atoms with Crippen molar-refractivity contribution in [1.29, 1.82) is 0 Å². The molecule has 2 aromatic carbocycles. The van der Waals surface area contributed by atoms with Gasteiger partial charge in [0.15, 0.2) is 5.96 Å². The van der Waals surface area contributed by atoms with Crippen molar-refractivity contribution in [1.82, 2.24) is 16.0 Å². The Kier molecular flexibility index (Phi) is 10.7. The van der Waals surface area contributed by atoms with Crippen molar-refractivity contribution >= 4 is 35.8 Å². The van der Waals surface area contributed by atoms with Crippen molar-refractivity contribution in [2.75, 3.05) is 26.7 Å². The molecule has 1 saturated carbocycles. The fourth-order valence-corrected chi connectivity index (χ4v) is 3.11. The van der Waals surface area contributed by atoms with Crippen LogP contribution in [0.2, 0.25) is 0 Å². The Bertz CT molecular complexity index is 919. The Hall–Kier alpha value is -2.36. The lowest BCUT2D eigenvalue weighted by atomic mass is 10.1. The van der Waals surface area contributed by atoms with Gasteiger partial charge in [-0.1, -0.05) is 24.3 Å². The van der Waals surface area contributed by atoms with Crippen molar-refractivity contribution in [3.05, 3.63) is 65.0 Å². The third-order valence-corrected chi connectivity index (χ3v) is 5.06. The first kappa shape index (κ1) is 25.9. The summed E-state index contributed by atoms with van der Waals surface area (Å²) in [6.45, 7) is 4.39. The van der Waals surface area contributed by atoms with E-state index in [1.165, 1.54) is 30.5 Å². The van der Waals surface area contributed by atoms with E-state index in [9.17, 15) is 9.18 Å². The number of aliphatic imine (C=N–C) groups is 1. The SMILES string of the molecule is CN=C(NCCNC(=O)Cc1cccc(F)c1)NCc1ccc(C)cc1OCC1CC1.I. The standard InChI is InChI=1S/C24H31FN4O2.HI/c1-17-6-9-20(22(12-17)31-16-18-7-8-18)15-29-24(26-2)28-11-10-27-23(30)14-19-4-3-5-21(25)13-19;/h3-6,9,12-13,18H,7-8,10-11,14-16H2,1-2H3,(H,27,30)(H2,26,28,29);1H. The second kappa shape index (κ2) is 13.2. The minimum absolute atomic E-state index is 0. The molecule has 6 nitrogen and oxygen atoms in total. The molecular formula is C24H32FIN4O2. The average molecular weight is 554 g/mol. The van der Waals surface area contributed by atoms with Gasteiger partial charge in [-0.3, -0.25) is 9.79 Å². The van der Waals surface area contributed by atoms with Crippen molar-refractivity contribution in [2.45, 2.75) is 32.7 Å². The number of ether oxygens (including phenoxy) is 1. The van der Waals surface area contributed by atoms with Crippen molar-refractivity contribution in [2.24, 2.45) is 10.9 Å². The number of rotatable bonds is 10. The highest BCUT2D eigenvalue weighted by molar-refractivity contribution is 14.0. The molecule has 1 aliphatic carbocycles. The number of carbonyl (C=O) groups is 1. The van der Waals surface area contributed by atoms with Gasteiger partial charge >= 0.3 is 0 Å². The molecule has 8 heteroatoms. The van der Waals surface area contributed by atoms with E-state index in [4.69, 9.17) is 4.74 Å². The highest BCUT2D eigenvalue weighted by Crippen LogP contribution is 2.30. The molecule has 0 aromatic heterocycles. The van der Waals surface area contributed by atoms with Gasteiger partial charge in [0.2, 0.25) is 5.91 Å². The van der Waals surface area contributed by atoms with E-state index < -0.39 is 0 Å². The number of nitrogens with zero attached hydrogens (tertiary/aromatic N) is 1. The van der Waals surface area contributed by atoms with Crippen LogP contribution in [0.25, 0.3) is 0 Å². The summed E-state index contributed by atoms with van der Waals surface area (Å²) in [7, 11) is 1.71. The molecule has 1 amide bonds. The van der Waals surface area contributed by atoms with Gasteiger partial charge in [-0.05, 0) is 55.0 Å². The molecule has 1 fully saturated rings. The molecule has 0 atom stereocenters. The molecule has 2 aromatic rings. The molecule has 0 saturated heterocycles. The van der Waals surface area contributed by atoms with E-state index in [-0.39, 0.29) is 42.1 Å². The second-order valence-electron chi connectivity index (χ2n) is 7.87. The van der Waals surface area contributed by atoms with Gasteiger partial charge in [-0.2, -0.15) is 0 Å². The average Bonchev–Trinajstić information content (AvgIpc) is 3.57. The highest BCUT2D eigenvalue weighted by Gasteiger charge is 2.22. The van der Waals surface area contributed by atoms with Crippen LogP contribution in [0.5, 0.6) is 5.75 Å². The maximum Gasteiger partial charge on any atom is 0.224 e. The monoisotopic (exact) mass is 554 g/mol. The molecule has 0 unspecified atom stereocenters. The Labute approximate surface area is 206 Å². The van der Waals surface area contributed by atoms with Crippen molar-refractivity contribution in [3.63, 3.8) is 0 Å². The number of benzene rings is 2. The summed E-state index contributed by atoms with van der Waals surface area (Å²) < 4.78 is 19.2. The molecule has 0 spiro atoms. The normalized spacial score (nSPS) is 13.2. The van der Waals surface area contributed by atoms with Crippen LogP contribution in [-0.2, 0) is 17.8 Å². The van der Waals surface area contributed by atoms with Crippen LogP contribution in [0.4, 0.5) is 4.39 Å². The third kappa shape index (κ3) is 9.02. The number of aryl methyl sites for hydroxylation is 1. The number of carbonyl (C=O) groups excluding carboxylic acids is 1. The molecule has 0 bridgehead atoms. The Morgan fingerprint density at radius 1 is 1.12 bits per heavy atom. The molecule has 174 valence electrons. The van der Waals surface area contributed by atoms with Gasteiger partial charge in [0.05, 0.1) is 13.0 Å². The van der Waals surface area contributed by atoms with Crippen LogP contribution in [0.1, 0.15) is 29.5 Å². The topological polar surface area (TPSA) is 74.8 Å². The molecule has 3 N–H and O–H groups in total. The maximum atomic E-state index is 13.2. The number of nitrogens with one attached hydrogen (secondary N) is 3. The first-order chi connectivity index (χ1) is 15.0. The number of halogens is 2. The first-order valence-electron chi connectivity index (χ1n) is 10.7. The minimum Gasteiger partial charge on any atom is -0.493 e. The molecule has 0 heterocycles. The third-order valence-electron chi connectivity index (χ3n) is 5.06. The van der Waals surface area contributed by atoms with Gasteiger partial charge in [0.1, 0.15) is 11.6 Å². The van der Waals surface area contributed by atoms with E-state index in [1.54, 1.807) is 19.2 Å². The summed E-state index contributed by atoms with van der Waals surface area (Å²) in [6.07, 6.45) is 2.67. The predicted octanol–water partition coefficient (Wildman–Crippen LogP) is 3.56. The number of amides is 1. The van der Waals surface area contributed by atoms with Crippen LogP contribution in [0, 0.1) is 18.7 Å². The fraction of sp³-hybridized carbons (Fsp3) is 0.417. The molecule has 0 radical (unpaired) electrons. The van der Waals surface area contributed by atoms with Crippen LogP contribution in [-0.4, -0.2) is 38.6 Å². The van der Waals surface area contributed by atoms with E-state index in [0.29, 0.717) is 37.1 Å². The molecule has 0 aliphatic heterocycles. The van der Waals surface area contributed by atoms with Gasteiger partial charge in [-0.15, -0.1) is 24.0 Å². The van der Waals surface area contributed by atoms with E-state index in [2.05, 4.69) is 46.1 Å². The molecule has 3 rings (SSSR count). The van der Waals surface area contributed by atoms with Crippen LogP contribution in [0.3, 0.4) is 0 Å². The van der Waals surface area contributed by atoms with Crippen LogP contribution < -0.4 is 20.7 Å². The number of hydrogen-bond acceptors (Lipinski definition) is 3. The summed E-state index contributed by atoms with van der Waals surface area (Å²) in [6, 6.07) is 12.3. The van der Waals surface area contributed by atoms with Gasteiger partial charge in [0, 0.05) is 32.2 Å². The van der Waals surface area contributed by atoms with Crippen LogP contribution >= 0.6 is 24.0 Å². The molecular weight excluding hydrogens is 522 g/mol. The fourth-order valence-electron chi connectivity index (χ4n) is 3.11. The Morgan fingerprint density at radius 3 is 2.62 bits per heavy atom. The summed E-state index contributed by atoms with van der Waals surface area (Å²) in [4.78, 5) is 16.2. The zero-order valence-corrected chi connectivity index (χ0v) is 20.9. The second-order valence-corrected chi connectivity index (χ2v) is 7.87. The maximum absolute atomic E-state index is 13.2. The zero-order chi connectivity index (χ0) is 22.1. The van der Waals surface area contributed by atoms with Crippen LogP contribution in [0.15, 0.2) is 47.5 Å². The summed E-state index contributed by atoms with van der Waals surface area (Å²) in [5, 5.41) is 9.30. The lowest BCUT2D eigenvalue weighted by molar-refractivity contribution is -0.120. The van der Waals surface area contributed by atoms with Gasteiger partial charge in [0.25, 0.3) is 0 Å². The quantitative estimate of drug-likeness (QED) is 0.182. The predicted molar refractivity (Wildman–Crippen MR) is 136 cm³/mol. The van der Waals surface area contributed by atoms with Gasteiger partial charge in [-0.25, -0.2) is 4.39 Å². The summed E-state index contributed by atoms with van der Waals surface area (Å²) in [5.74, 6) is 1.78. The van der Waals surface area contributed by atoms with Crippen molar-refractivity contribution in [3.8, 4) is 5.75 Å².